The molecular formula is C26H28Cl2N2O6. The van der Waals surface area contributed by atoms with Crippen LogP contribution in [0.25, 0.3) is 5.76 Å². The SMILES string of the molecule is COc1c(Cl)cc(/C(O)=C2\C(=O)C(=O)N(CC3CCCO3)C2c2ccc(N(C)C)cc2)c(OC)c1Cl. The van der Waals surface area contributed by atoms with Gasteiger partial charge in [-0.2, -0.15) is 0 Å². The molecule has 4 rings (SSSR count). The lowest BCUT2D eigenvalue weighted by Gasteiger charge is -2.28. The molecule has 2 aromatic carbocycles. The van der Waals surface area contributed by atoms with E-state index in [1.54, 1.807) is 0 Å². The van der Waals surface area contributed by atoms with Crippen molar-refractivity contribution in [2.24, 2.45) is 0 Å². The Morgan fingerprint density at radius 1 is 1.14 bits per heavy atom. The van der Waals surface area contributed by atoms with E-state index in [4.69, 9.17) is 37.4 Å². The molecule has 1 amide bonds. The molecule has 2 aliphatic rings. The first-order chi connectivity index (χ1) is 17.2. The molecule has 192 valence electrons. The number of aliphatic hydroxyl groups excluding tert-OH is 1. The number of methoxy groups -OCH3 is 2. The van der Waals surface area contributed by atoms with Gasteiger partial charge in [-0.25, -0.2) is 0 Å². The first-order valence-corrected chi connectivity index (χ1v) is 12.2. The van der Waals surface area contributed by atoms with Crippen molar-refractivity contribution in [3.05, 3.63) is 57.1 Å². The summed E-state index contributed by atoms with van der Waals surface area (Å²) in [5, 5.41) is 11.6. The van der Waals surface area contributed by atoms with E-state index < -0.39 is 23.5 Å². The average molecular weight is 535 g/mol. The largest absolute Gasteiger partial charge is 0.507 e. The minimum Gasteiger partial charge on any atom is -0.507 e. The van der Waals surface area contributed by atoms with E-state index in [0.29, 0.717) is 12.2 Å². The van der Waals surface area contributed by atoms with Gasteiger partial charge in [0.2, 0.25) is 0 Å². The number of hydrogen-bond acceptors (Lipinski definition) is 7. The molecule has 2 heterocycles. The molecule has 2 aliphatic heterocycles. The van der Waals surface area contributed by atoms with Crippen LogP contribution >= 0.6 is 23.2 Å². The van der Waals surface area contributed by atoms with E-state index in [-0.39, 0.29) is 45.3 Å². The van der Waals surface area contributed by atoms with Crippen LogP contribution in [-0.4, -0.2) is 69.3 Å². The summed E-state index contributed by atoms with van der Waals surface area (Å²) in [5.74, 6) is -1.72. The monoisotopic (exact) mass is 534 g/mol. The summed E-state index contributed by atoms with van der Waals surface area (Å²) < 4.78 is 16.4. The minimum absolute atomic E-state index is 0.0366. The number of anilines is 1. The van der Waals surface area contributed by atoms with Crippen molar-refractivity contribution in [3.63, 3.8) is 0 Å². The van der Waals surface area contributed by atoms with Crippen molar-refractivity contribution >= 4 is 46.3 Å². The van der Waals surface area contributed by atoms with Gasteiger partial charge in [-0.3, -0.25) is 9.59 Å². The van der Waals surface area contributed by atoms with Crippen LogP contribution in [0.5, 0.6) is 11.5 Å². The molecule has 1 N–H and O–H groups in total. The lowest BCUT2D eigenvalue weighted by molar-refractivity contribution is -0.140. The van der Waals surface area contributed by atoms with Crippen LogP contribution in [0, 0.1) is 0 Å². The van der Waals surface area contributed by atoms with Gasteiger partial charge in [0.15, 0.2) is 11.5 Å². The van der Waals surface area contributed by atoms with Crippen molar-refractivity contribution in [1.29, 1.82) is 0 Å². The Kier molecular flexibility index (Phi) is 7.68. The maximum Gasteiger partial charge on any atom is 0.295 e. The van der Waals surface area contributed by atoms with E-state index in [0.717, 1.165) is 18.5 Å². The Labute approximate surface area is 219 Å². The Morgan fingerprint density at radius 3 is 2.36 bits per heavy atom. The summed E-state index contributed by atoms with van der Waals surface area (Å²) in [4.78, 5) is 30.0. The zero-order chi connectivity index (χ0) is 26.1. The quantitative estimate of drug-likeness (QED) is 0.313. The maximum atomic E-state index is 13.4. The number of aliphatic hydroxyl groups is 1. The van der Waals surface area contributed by atoms with Gasteiger partial charge in [-0.05, 0) is 36.6 Å². The molecule has 2 atom stereocenters. The van der Waals surface area contributed by atoms with Gasteiger partial charge < -0.3 is 29.1 Å². The van der Waals surface area contributed by atoms with Crippen LogP contribution in [0.1, 0.15) is 30.0 Å². The molecule has 0 spiro atoms. The summed E-state index contributed by atoms with van der Waals surface area (Å²) in [6.45, 7) is 0.833. The number of halogens is 2. The van der Waals surface area contributed by atoms with E-state index in [1.165, 1.54) is 25.2 Å². The number of ether oxygens (including phenoxy) is 3. The first kappa shape index (κ1) is 26.1. The molecule has 0 aromatic heterocycles. The Hall–Kier alpha value is -2.94. The van der Waals surface area contributed by atoms with Crippen LogP contribution in [0.4, 0.5) is 5.69 Å². The molecule has 2 unspecified atom stereocenters. The number of rotatable bonds is 7. The third kappa shape index (κ3) is 4.61. The van der Waals surface area contributed by atoms with Gasteiger partial charge in [0.05, 0.1) is 42.5 Å². The molecule has 10 heteroatoms. The predicted octanol–water partition coefficient (Wildman–Crippen LogP) is 4.68. The normalized spacial score (nSPS) is 21.2. The van der Waals surface area contributed by atoms with Crippen LogP contribution < -0.4 is 14.4 Å². The number of amides is 1. The number of hydrogen-bond donors (Lipinski definition) is 1. The van der Waals surface area contributed by atoms with Crippen LogP contribution in [0.3, 0.4) is 0 Å². The van der Waals surface area contributed by atoms with Crippen LogP contribution in [0.15, 0.2) is 35.9 Å². The second-order valence-electron chi connectivity index (χ2n) is 8.86. The topological polar surface area (TPSA) is 88.5 Å². The van der Waals surface area contributed by atoms with Crippen LogP contribution in [0.2, 0.25) is 10.0 Å². The smallest absolute Gasteiger partial charge is 0.295 e. The molecule has 36 heavy (non-hydrogen) atoms. The van der Waals surface area contributed by atoms with Crippen molar-refractivity contribution in [3.8, 4) is 11.5 Å². The summed E-state index contributed by atoms with van der Waals surface area (Å²) >= 11 is 12.8. The molecule has 0 aliphatic carbocycles. The molecule has 8 nitrogen and oxygen atoms in total. The summed E-state index contributed by atoms with van der Waals surface area (Å²) in [6.07, 6.45) is 1.48. The van der Waals surface area contributed by atoms with Crippen molar-refractivity contribution in [2.75, 3.05) is 46.4 Å². The fourth-order valence-corrected chi connectivity index (χ4v) is 5.36. The highest BCUT2D eigenvalue weighted by molar-refractivity contribution is 6.47. The van der Waals surface area contributed by atoms with Gasteiger partial charge >= 0.3 is 0 Å². The highest BCUT2D eigenvalue weighted by Crippen LogP contribution is 2.47. The number of carbonyl (C=O) groups excluding carboxylic acids is 2. The summed E-state index contributed by atoms with van der Waals surface area (Å²) in [6, 6.07) is 8.03. The lowest BCUT2D eigenvalue weighted by atomic mass is 9.94. The van der Waals surface area contributed by atoms with E-state index in [2.05, 4.69) is 0 Å². The number of likely N-dealkylation sites (tertiary alicyclic amines) is 1. The van der Waals surface area contributed by atoms with Gasteiger partial charge in [0, 0.05) is 32.9 Å². The number of ketones is 1. The molecule has 0 bridgehead atoms. The molecule has 0 radical (unpaired) electrons. The zero-order valence-electron chi connectivity index (χ0n) is 20.5. The number of Topliss-reactive ketones (excluding diaryl/α,β-unsaturated/α-hetero) is 1. The maximum absolute atomic E-state index is 13.4. The second-order valence-corrected chi connectivity index (χ2v) is 9.64. The average Bonchev–Trinajstić information content (AvgIpc) is 3.46. The fourth-order valence-electron chi connectivity index (χ4n) is 4.67. The van der Waals surface area contributed by atoms with Crippen molar-refractivity contribution in [1.82, 2.24) is 4.90 Å². The summed E-state index contributed by atoms with van der Waals surface area (Å²) in [5.41, 5.74) is 1.62. The van der Waals surface area contributed by atoms with Crippen LogP contribution in [-0.2, 0) is 14.3 Å². The zero-order valence-corrected chi connectivity index (χ0v) is 22.0. The number of nitrogens with zero attached hydrogens (tertiary/aromatic N) is 2. The van der Waals surface area contributed by atoms with Crippen molar-refractivity contribution in [2.45, 2.75) is 25.0 Å². The van der Waals surface area contributed by atoms with Gasteiger partial charge in [0.25, 0.3) is 11.7 Å². The predicted molar refractivity (Wildman–Crippen MR) is 138 cm³/mol. The number of carbonyl (C=O) groups is 2. The third-order valence-corrected chi connectivity index (χ3v) is 7.11. The third-order valence-electron chi connectivity index (χ3n) is 6.48. The second kappa shape index (κ2) is 10.6. The van der Waals surface area contributed by atoms with E-state index in [9.17, 15) is 14.7 Å². The lowest BCUT2D eigenvalue weighted by Crippen LogP contribution is -2.36. The molecule has 2 aromatic rings. The molecule has 0 saturated carbocycles. The fraction of sp³-hybridized carbons (Fsp3) is 0.385. The standard InChI is InChI=1S/C26H28Cl2N2O6/c1-29(2)15-9-7-14(8-10-15)21-19(23(32)26(33)30(21)13-16-6-5-11-36-16)22(31)17-12-18(27)25(35-4)20(28)24(17)34-3/h7-10,12,16,21,31H,5-6,11,13H2,1-4H3/b22-19+. The Balaban J connectivity index is 1.90. The Morgan fingerprint density at radius 2 is 1.81 bits per heavy atom. The molecule has 2 saturated heterocycles. The summed E-state index contributed by atoms with van der Waals surface area (Å²) in [7, 11) is 6.61. The van der Waals surface area contributed by atoms with Gasteiger partial charge in [-0.15, -0.1) is 0 Å². The number of benzene rings is 2. The van der Waals surface area contributed by atoms with E-state index >= 15 is 0 Å². The molecule has 2 fully saturated rings. The first-order valence-electron chi connectivity index (χ1n) is 11.5. The highest BCUT2D eigenvalue weighted by Gasteiger charge is 2.47. The minimum atomic E-state index is -0.838. The molecular weight excluding hydrogens is 507 g/mol. The van der Waals surface area contributed by atoms with Gasteiger partial charge in [-0.1, -0.05) is 35.3 Å². The highest BCUT2D eigenvalue weighted by atomic mass is 35.5. The van der Waals surface area contributed by atoms with E-state index in [1.807, 2.05) is 43.3 Å². The van der Waals surface area contributed by atoms with Gasteiger partial charge in [0.1, 0.15) is 10.8 Å². The Bertz CT molecular complexity index is 1210. The van der Waals surface area contributed by atoms with Crippen molar-refractivity contribution < 1.29 is 28.9 Å².